The van der Waals surface area contributed by atoms with Gasteiger partial charge in [0.25, 0.3) is 5.91 Å². The van der Waals surface area contributed by atoms with E-state index in [1.807, 2.05) is 41.8 Å². The molecule has 2 aromatic carbocycles. The Hall–Kier alpha value is -3.12. The van der Waals surface area contributed by atoms with E-state index in [0.717, 1.165) is 10.8 Å². The summed E-state index contributed by atoms with van der Waals surface area (Å²) in [5.74, 6) is 0.279. The van der Waals surface area contributed by atoms with Gasteiger partial charge in [0.15, 0.2) is 6.10 Å². The number of nitrogens with one attached hydrogen (secondary N) is 1. The third-order valence-electron chi connectivity index (χ3n) is 4.04. The molecule has 0 aliphatic carbocycles. The smallest absolute Gasteiger partial charge is 0.347 e. The largest absolute Gasteiger partial charge is 0.481 e. The minimum atomic E-state index is -0.706. The highest BCUT2D eigenvalue weighted by Crippen LogP contribution is 2.33. The van der Waals surface area contributed by atoms with Gasteiger partial charge in [0, 0.05) is 16.2 Å². The number of carbonyl (C=O) groups excluding carboxylic acids is 1. The second-order valence-corrected chi connectivity index (χ2v) is 6.68. The maximum atomic E-state index is 12.5. The topological polar surface area (TPSA) is 68.5 Å². The zero-order valence-electron chi connectivity index (χ0n) is 13.9. The maximum Gasteiger partial charge on any atom is 0.347 e. The number of amides is 1. The second kappa shape index (κ2) is 6.65. The Balaban J connectivity index is 1.64. The van der Waals surface area contributed by atoms with Gasteiger partial charge in [-0.15, -0.1) is 11.3 Å². The number of anilines is 1. The van der Waals surface area contributed by atoms with E-state index < -0.39 is 11.7 Å². The summed E-state index contributed by atoms with van der Waals surface area (Å²) in [6.45, 7) is 1.66. The molecule has 4 aromatic rings. The molecule has 0 aliphatic rings. The van der Waals surface area contributed by atoms with Gasteiger partial charge < -0.3 is 14.5 Å². The molecule has 0 unspecified atom stereocenters. The highest BCUT2D eigenvalue weighted by molar-refractivity contribution is 7.16. The first-order chi connectivity index (χ1) is 12.6. The Labute approximate surface area is 152 Å². The fraction of sp³-hybridized carbons (Fsp3) is 0.100. The Bertz CT molecular complexity index is 1150. The lowest BCUT2D eigenvalue weighted by Crippen LogP contribution is -2.30. The molecule has 4 rings (SSSR count). The van der Waals surface area contributed by atoms with E-state index in [-0.39, 0.29) is 5.91 Å². The first kappa shape index (κ1) is 16.4. The van der Waals surface area contributed by atoms with E-state index >= 15 is 0 Å². The van der Waals surface area contributed by atoms with Gasteiger partial charge in [0.2, 0.25) is 0 Å². The molecule has 130 valence electrons. The van der Waals surface area contributed by atoms with Crippen molar-refractivity contribution in [3.8, 4) is 5.75 Å². The van der Waals surface area contributed by atoms with Gasteiger partial charge in [-0.1, -0.05) is 36.4 Å². The van der Waals surface area contributed by atoms with Crippen LogP contribution in [0.5, 0.6) is 5.75 Å². The van der Waals surface area contributed by atoms with Gasteiger partial charge in [-0.3, -0.25) is 4.79 Å². The van der Waals surface area contributed by atoms with Crippen LogP contribution in [0.4, 0.5) is 5.00 Å². The van der Waals surface area contributed by atoms with Crippen molar-refractivity contribution >= 4 is 44.0 Å². The number of thiophene rings is 1. The van der Waals surface area contributed by atoms with E-state index in [9.17, 15) is 9.59 Å². The minimum Gasteiger partial charge on any atom is -0.481 e. The van der Waals surface area contributed by atoms with Gasteiger partial charge in [0.1, 0.15) is 21.7 Å². The third-order valence-corrected chi connectivity index (χ3v) is 4.93. The number of rotatable bonds is 4. The zero-order valence-corrected chi connectivity index (χ0v) is 14.7. The predicted molar refractivity (Wildman–Crippen MR) is 103 cm³/mol. The number of para-hydroxylation sites is 2. The molecule has 0 bridgehead atoms. The van der Waals surface area contributed by atoms with Crippen LogP contribution in [0.25, 0.3) is 21.7 Å². The Morgan fingerprint density at radius 3 is 2.62 bits per heavy atom. The molecule has 2 heterocycles. The molecule has 0 radical (unpaired) electrons. The van der Waals surface area contributed by atoms with Crippen molar-refractivity contribution in [1.82, 2.24) is 0 Å². The molecular formula is C20H15NO4S. The number of hydrogen-bond acceptors (Lipinski definition) is 5. The molecule has 26 heavy (non-hydrogen) atoms. The lowest BCUT2D eigenvalue weighted by Gasteiger charge is -2.14. The second-order valence-electron chi connectivity index (χ2n) is 5.80. The monoisotopic (exact) mass is 365 g/mol. The van der Waals surface area contributed by atoms with Gasteiger partial charge >= 0.3 is 5.63 Å². The molecule has 1 amide bonds. The number of carbonyl (C=O) groups is 1. The molecule has 1 atom stereocenters. The fourth-order valence-electron chi connectivity index (χ4n) is 2.75. The zero-order chi connectivity index (χ0) is 18.1. The standard InChI is InChI=1S/C20H15NO4S/c1-12(24-13-7-3-2-4-8-13)18(22)21-19-17-15(11-26-19)14-9-5-6-10-16(14)25-20(17)23/h2-12H,1H3,(H,21,22)/t12-/m0/s1. The molecule has 0 saturated carbocycles. The highest BCUT2D eigenvalue weighted by Gasteiger charge is 2.19. The fourth-order valence-corrected chi connectivity index (χ4v) is 3.70. The van der Waals surface area contributed by atoms with Crippen LogP contribution < -0.4 is 15.7 Å². The minimum absolute atomic E-state index is 0.329. The maximum absolute atomic E-state index is 12.5. The summed E-state index contributed by atoms with van der Waals surface area (Å²) in [6, 6.07) is 16.4. The Morgan fingerprint density at radius 2 is 1.81 bits per heavy atom. The normalized spacial score (nSPS) is 12.2. The third kappa shape index (κ3) is 2.95. The van der Waals surface area contributed by atoms with Crippen molar-refractivity contribution in [1.29, 1.82) is 0 Å². The summed E-state index contributed by atoms with van der Waals surface area (Å²) in [5, 5.41) is 7.10. The van der Waals surface area contributed by atoms with Crippen LogP contribution in [0.1, 0.15) is 6.92 Å². The Kier molecular flexibility index (Phi) is 4.18. The average Bonchev–Trinajstić information content (AvgIpc) is 3.07. The summed E-state index contributed by atoms with van der Waals surface area (Å²) in [6.07, 6.45) is -0.706. The lowest BCUT2D eigenvalue weighted by molar-refractivity contribution is -0.122. The number of ether oxygens (including phenoxy) is 1. The van der Waals surface area contributed by atoms with Crippen molar-refractivity contribution in [2.45, 2.75) is 13.0 Å². The highest BCUT2D eigenvalue weighted by atomic mass is 32.1. The van der Waals surface area contributed by atoms with Crippen molar-refractivity contribution in [3.05, 3.63) is 70.4 Å². The van der Waals surface area contributed by atoms with Crippen molar-refractivity contribution in [2.24, 2.45) is 0 Å². The number of hydrogen-bond donors (Lipinski definition) is 1. The van der Waals surface area contributed by atoms with E-state index in [2.05, 4.69) is 5.32 Å². The van der Waals surface area contributed by atoms with Crippen molar-refractivity contribution in [3.63, 3.8) is 0 Å². The SMILES string of the molecule is C[C@H](Oc1ccccc1)C(=O)Nc1scc2c1c(=O)oc1ccccc12. The first-order valence-electron chi connectivity index (χ1n) is 8.09. The predicted octanol–water partition coefficient (Wildman–Crippen LogP) is 4.41. The number of benzene rings is 2. The molecule has 2 aromatic heterocycles. The summed E-state index contributed by atoms with van der Waals surface area (Å²) in [4.78, 5) is 24.8. The van der Waals surface area contributed by atoms with E-state index in [4.69, 9.17) is 9.15 Å². The summed E-state index contributed by atoms with van der Waals surface area (Å²) in [5.41, 5.74) is 0.0633. The van der Waals surface area contributed by atoms with Gasteiger partial charge in [-0.2, -0.15) is 0 Å². The molecule has 5 nitrogen and oxygen atoms in total. The van der Waals surface area contributed by atoms with Gasteiger partial charge in [0.05, 0.1) is 0 Å². The summed E-state index contributed by atoms with van der Waals surface area (Å²) < 4.78 is 11.0. The lowest BCUT2D eigenvalue weighted by atomic mass is 10.1. The molecule has 0 aliphatic heterocycles. The van der Waals surface area contributed by atoms with Crippen LogP contribution in [0.3, 0.4) is 0 Å². The van der Waals surface area contributed by atoms with Crippen molar-refractivity contribution in [2.75, 3.05) is 5.32 Å². The van der Waals surface area contributed by atoms with E-state index in [0.29, 0.717) is 21.7 Å². The molecule has 0 saturated heterocycles. The van der Waals surface area contributed by atoms with Gasteiger partial charge in [-0.05, 0) is 25.1 Å². The van der Waals surface area contributed by atoms with Crippen LogP contribution in [0.15, 0.2) is 69.2 Å². The van der Waals surface area contributed by atoms with Crippen LogP contribution in [0, 0.1) is 0 Å². The molecule has 0 spiro atoms. The van der Waals surface area contributed by atoms with E-state index in [1.165, 1.54) is 11.3 Å². The summed E-state index contributed by atoms with van der Waals surface area (Å²) >= 11 is 1.30. The van der Waals surface area contributed by atoms with Gasteiger partial charge in [-0.25, -0.2) is 4.79 Å². The van der Waals surface area contributed by atoms with Crippen LogP contribution in [-0.2, 0) is 4.79 Å². The van der Waals surface area contributed by atoms with Crippen LogP contribution >= 0.6 is 11.3 Å². The number of fused-ring (bicyclic) bond motifs is 3. The van der Waals surface area contributed by atoms with Crippen LogP contribution in [-0.4, -0.2) is 12.0 Å². The molecular weight excluding hydrogens is 350 g/mol. The molecule has 6 heteroatoms. The summed E-state index contributed by atoms with van der Waals surface area (Å²) in [7, 11) is 0. The first-order valence-corrected chi connectivity index (χ1v) is 8.97. The van der Waals surface area contributed by atoms with Crippen LogP contribution in [0.2, 0.25) is 0 Å². The van der Waals surface area contributed by atoms with E-state index in [1.54, 1.807) is 25.1 Å². The average molecular weight is 365 g/mol. The quantitative estimate of drug-likeness (QED) is 0.544. The molecule has 0 fully saturated rings. The molecule has 1 N–H and O–H groups in total. The van der Waals surface area contributed by atoms with Crippen molar-refractivity contribution < 1.29 is 13.9 Å². The Morgan fingerprint density at radius 1 is 1.08 bits per heavy atom.